The molecule has 3 unspecified atom stereocenters. The minimum absolute atomic E-state index is 0.114. The predicted molar refractivity (Wildman–Crippen MR) is 83.4 cm³/mol. The molecule has 0 aliphatic heterocycles. The van der Waals surface area contributed by atoms with E-state index in [0.29, 0.717) is 24.8 Å². The fourth-order valence-electron chi connectivity index (χ4n) is 3.32. The standard InChI is InChI=1S/C17H31NO3/c1-3-5-6-13(4-2)12-21-15-9-10-17(11-15,16(19)20)18-14-7-8-14/h13-15,18H,3-12H2,1-2H3,(H,19,20). The van der Waals surface area contributed by atoms with E-state index in [2.05, 4.69) is 19.2 Å². The lowest BCUT2D eigenvalue weighted by atomic mass is 9.97. The third-order valence-electron chi connectivity index (χ3n) is 5.05. The highest BCUT2D eigenvalue weighted by Crippen LogP contribution is 2.36. The van der Waals surface area contributed by atoms with Crippen LogP contribution in [0.5, 0.6) is 0 Å². The van der Waals surface area contributed by atoms with Gasteiger partial charge in [0, 0.05) is 19.1 Å². The molecule has 3 atom stereocenters. The second-order valence-electron chi connectivity index (χ2n) is 6.92. The molecule has 2 aliphatic rings. The second kappa shape index (κ2) is 7.59. The van der Waals surface area contributed by atoms with E-state index >= 15 is 0 Å². The van der Waals surface area contributed by atoms with Crippen molar-refractivity contribution in [3.8, 4) is 0 Å². The topological polar surface area (TPSA) is 58.6 Å². The molecule has 4 heteroatoms. The SMILES string of the molecule is CCCCC(CC)COC1CCC(NC2CC2)(C(=O)O)C1. The minimum Gasteiger partial charge on any atom is -0.480 e. The molecule has 2 N–H and O–H groups in total. The predicted octanol–water partition coefficient (Wildman–Crippen LogP) is 3.35. The van der Waals surface area contributed by atoms with Crippen LogP contribution in [-0.2, 0) is 9.53 Å². The van der Waals surface area contributed by atoms with Gasteiger partial charge in [-0.1, -0.05) is 33.1 Å². The van der Waals surface area contributed by atoms with Gasteiger partial charge in [0.05, 0.1) is 6.10 Å². The third-order valence-corrected chi connectivity index (χ3v) is 5.05. The maximum absolute atomic E-state index is 11.6. The first kappa shape index (κ1) is 16.8. The van der Waals surface area contributed by atoms with E-state index < -0.39 is 11.5 Å². The fraction of sp³-hybridized carbons (Fsp3) is 0.941. The van der Waals surface area contributed by atoms with Gasteiger partial charge in [-0.25, -0.2) is 0 Å². The Morgan fingerprint density at radius 1 is 1.38 bits per heavy atom. The van der Waals surface area contributed by atoms with E-state index in [0.717, 1.165) is 32.3 Å². The molecule has 122 valence electrons. The zero-order valence-electron chi connectivity index (χ0n) is 13.6. The molecule has 0 spiro atoms. The van der Waals surface area contributed by atoms with Gasteiger partial charge in [0.15, 0.2) is 0 Å². The summed E-state index contributed by atoms with van der Waals surface area (Å²) in [7, 11) is 0. The Balaban J connectivity index is 1.78. The maximum atomic E-state index is 11.6. The Morgan fingerprint density at radius 2 is 2.14 bits per heavy atom. The normalized spacial score (nSPS) is 30.5. The molecule has 0 aromatic carbocycles. The smallest absolute Gasteiger partial charge is 0.324 e. The van der Waals surface area contributed by atoms with Crippen molar-refractivity contribution in [2.45, 2.75) is 89.3 Å². The summed E-state index contributed by atoms with van der Waals surface area (Å²) in [6.45, 7) is 5.23. The van der Waals surface area contributed by atoms with Crippen molar-refractivity contribution in [2.75, 3.05) is 6.61 Å². The molecule has 2 saturated carbocycles. The molecule has 0 heterocycles. The van der Waals surface area contributed by atoms with Gasteiger partial charge < -0.3 is 9.84 Å². The lowest BCUT2D eigenvalue weighted by molar-refractivity contribution is -0.145. The van der Waals surface area contributed by atoms with Gasteiger partial charge in [0.1, 0.15) is 5.54 Å². The van der Waals surface area contributed by atoms with E-state index in [4.69, 9.17) is 4.74 Å². The van der Waals surface area contributed by atoms with Crippen LogP contribution in [-0.4, -0.2) is 35.4 Å². The summed E-state index contributed by atoms with van der Waals surface area (Å²) in [5.41, 5.74) is -0.725. The molecule has 0 aromatic heterocycles. The first-order chi connectivity index (χ1) is 10.1. The van der Waals surface area contributed by atoms with Crippen LogP contribution in [0, 0.1) is 5.92 Å². The highest BCUT2D eigenvalue weighted by Gasteiger charge is 2.48. The zero-order chi connectivity index (χ0) is 15.3. The fourth-order valence-corrected chi connectivity index (χ4v) is 3.32. The summed E-state index contributed by atoms with van der Waals surface area (Å²) < 4.78 is 6.06. The van der Waals surface area contributed by atoms with E-state index in [1.54, 1.807) is 0 Å². The van der Waals surface area contributed by atoms with Crippen molar-refractivity contribution < 1.29 is 14.6 Å². The van der Waals surface area contributed by atoms with Crippen LogP contribution < -0.4 is 5.32 Å². The van der Waals surface area contributed by atoms with Crippen molar-refractivity contribution >= 4 is 5.97 Å². The number of nitrogens with one attached hydrogen (secondary N) is 1. The number of carboxylic acids is 1. The lowest BCUT2D eigenvalue weighted by Crippen LogP contribution is -2.51. The Kier molecular flexibility index (Phi) is 6.06. The molecule has 2 rings (SSSR count). The molecule has 0 amide bonds. The number of hydrogen-bond donors (Lipinski definition) is 2. The van der Waals surface area contributed by atoms with Gasteiger partial charge in [-0.2, -0.15) is 0 Å². The molecule has 21 heavy (non-hydrogen) atoms. The minimum atomic E-state index is -0.725. The van der Waals surface area contributed by atoms with Crippen molar-refractivity contribution in [3.05, 3.63) is 0 Å². The van der Waals surface area contributed by atoms with Crippen molar-refractivity contribution in [2.24, 2.45) is 5.92 Å². The van der Waals surface area contributed by atoms with E-state index in [1.807, 2.05) is 0 Å². The molecule has 2 fully saturated rings. The van der Waals surface area contributed by atoms with Gasteiger partial charge in [0.2, 0.25) is 0 Å². The maximum Gasteiger partial charge on any atom is 0.324 e. The Morgan fingerprint density at radius 3 is 2.71 bits per heavy atom. The number of ether oxygens (including phenoxy) is 1. The quantitative estimate of drug-likeness (QED) is 0.649. The van der Waals surface area contributed by atoms with E-state index in [1.165, 1.54) is 19.3 Å². The lowest BCUT2D eigenvalue weighted by Gasteiger charge is -2.26. The first-order valence-electron chi connectivity index (χ1n) is 8.72. The van der Waals surface area contributed by atoms with Crippen LogP contribution in [0.25, 0.3) is 0 Å². The number of hydrogen-bond acceptors (Lipinski definition) is 3. The Labute approximate surface area is 128 Å². The summed E-state index contributed by atoms with van der Waals surface area (Å²) in [5, 5.41) is 12.9. The Bertz CT molecular complexity index is 343. The molecule has 4 nitrogen and oxygen atoms in total. The summed E-state index contributed by atoms with van der Waals surface area (Å²) >= 11 is 0. The highest BCUT2D eigenvalue weighted by molar-refractivity contribution is 5.79. The number of unbranched alkanes of at least 4 members (excludes halogenated alkanes) is 1. The molecule has 0 bridgehead atoms. The van der Waals surface area contributed by atoms with Gasteiger partial charge in [-0.3, -0.25) is 10.1 Å². The van der Waals surface area contributed by atoms with Crippen LogP contribution in [0.3, 0.4) is 0 Å². The number of rotatable bonds is 10. The summed E-state index contributed by atoms with van der Waals surface area (Å²) in [6, 6.07) is 0.424. The van der Waals surface area contributed by atoms with Crippen molar-refractivity contribution in [1.29, 1.82) is 0 Å². The Hall–Kier alpha value is -0.610. The summed E-state index contributed by atoms with van der Waals surface area (Å²) in [6.07, 6.45) is 9.42. The van der Waals surface area contributed by atoms with Gasteiger partial charge >= 0.3 is 5.97 Å². The molecule has 0 aromatic rings. The van der Waals surface area contributed by atoms with Crippen LogP contribution in [0.15, 0.2) is 0 Å². The molecular formula is C17H31NO3. The van der Waals surface area contributed by atoms with E-state index in [9.17, 15) is 9.90 Å². The largest absolute Gasteiger partial charge is 0.480 e. The average Bonchev–Trinajstić information content (AvgIpc) is 3.17. The zero-order valence-corrected chi connectivity index (χ0v) is 13.6. The second-order valence-corrected chi connectivity index (χ2v) is 6.92. The first-order valence-corrected chi connectivity index (χ1v) is 8.72. The van der Waals surface area contributed by atoms with Gasteiger partial charge in [-0.15, -0.1) is 0 Å². The number of carboxylic acid groups (broad SMARTS) is 1. The van der Waals surface area contributed by atoms with Crippen LogP contribution in [0.4, 0.5) is 0 Å². The van der Waals surface area contributed by atoms with Crippen LogP contribution >= 0.6 is 0 Å². The van der Waals surface area contributed by atoms with Crippen molar-refractivity contribution in [1.82, 2.24) is 5.32 Å². The summed E-state index contributed by atoms with van der Waals surface area (Å²) in [4.78, 5) is 11.6. The van der Waals surface area contributed by atoms with Gasteiger partial charge in [0.25, 0.3) is 0 Å². The highest BCUT2D eigenvalue weighted by atomic mass is 16.5. The molecular weight excluding hydrogens is 266 g/mol. The van der Waals surface area contributed by atoms with E-state index in [-0.39, 0.29) is 6.10 Å². The van der Waals surface area contributed by atoms with Gasteiger partial charge in [-0.05, 0) is 38.0 Å². The third kappa shape index (κ3) is 4.68. The van der Waals surface area contributed by atoms with Crippen molar-refractivity contribution in [3.63, 3.8) is 0 Å². The molecule has 2 aliphatic carbocycles. The molecule has 0 saturated heterocycles. The van der Waals surface area contributed by atoms with Crippen LogP contribution in [0.1, 0.15) is 71.6 Å². The number of aliphatic carboxylic acids is 1. The monoisotopic (exact) mass is 297 g/mol. The van der Waals surface area contributed by atoms with Crippen LogP contribution in [0.2, 0.25) is 0 Å². The number of carbonyl (C=O) groups is 1. The molecule has 0 radical (unpaired) electrons. The summed E-state index contributed by atoms with van der Waals surface area (Å²) in [5.74, 6) is -0.0697. The average molecular weight is 297 g/mol.